The third-order valence-electron chi connectivity index (χ3n) is 4.64. The molecule has 1 heterocycles. The van der Waals surface area contributed by atoms with Crippen molar-refractivity contribution in [1.29, 1.82) is 0 Å². The van der Waals surface area contributed by atoms with Crippen molar-refractivity contribution in [2.45, 2.75) is 51.8 Å². The summed E-state index contributed by atoms with van der Waals surface area (Å²) < 4.78 is 39.1. The van der Waals surface area contributed by atoms with Crippen molar-refractivity contribution < 1.29 is 32.6 Å². The molecule has 2 rings (SSSR count). The smallest absolute Gasteiger partial charge is 0.387 e. The van der Waals surface area contributed by atoms with Crippen molar-refractivity contribution in [1.82, 2.24) is 4.90 Å². The molecule has 1 amide bonds. The number of esters is 1. The van der Waals surface area contributed by atoms with Crippen LogP contribution in [0.25, 0.3) is 6.08 Å². The highest BCUT2D eigenvalue weighted by Crippen LogP contribution is 2.29. The molecular formula is C20H25F2NO5. The highest BCUT2D eigenvalue weighted by atomic mass is 19.3. The minimum absolute atomic E-state index is 0.104. The molecule has 28 heavy (non-hydrogen) atoms. The lowest BCUT2D eigenvalue weighted by molar-refractivity contribution is -0.151. The van der Waals surface area contributed by atoms with Crippen molar-refractivity contribution in [2.24, 2.45) is 0 Å². The standard InChI is InChI=1S/C20H25F2NO5/c1-13-5-4-6-14(2)23(13)18(24)12-27-19(25)10-8-15-7-9-16(28-20(21)22)17(11-15)26-3/h7-11,13-14,20H,4-6,12H2,1-3H3/b10-8+. The molecule has 1 saturated heterocycles. The van der Waals surface area contributed by atoms with Crippen LogP contribution in [0, 0.1) is 0 Å². The number of methoxy groups -OCH3 is 1. The van der Waals surface area contributed by atoms with Crippen LogP contribution in [0.3, 0.4) is 0 Å². The van der Waals surface area contributed by atoms with E-state index in [1.54, 1.807) is 4.90 Å². The fraction of sp³-hybridized carbons (Fsp3) is 0.500. The van der Waals surface area contributed by atoms with Crippen molar-refractivity contribution in [3.8, 4) is 11.5 Å². The molecule has 1 aromatic carbocycles. The van der Waals surface area contributed by atoms with Crippen molar-refractivity contribution in [2.75, 3.05) is 13.7 Å². The highest BCUT2D eigenvalue weighted by molar-refractivity contribution is 5.89. The molecule has 0 aliphatic carbocycles. The number of halogens is 2. The molecule has 1 aliphatic heterocycles. The van der Waals surface area contributed by atoms with Crippen LogP contribution < -0.4 is 9.47 Å². The van der Waals surface area contributed by atoms with E-state index in [4.69, 9.17) is 9.47 Å². The normalized spacial score (nSPS) is 19.7. The van der Waals surface area contributed by atoms with Crippen molar-refractivity contribution >= 4 is 18.0 Å². The third-order valence-corrected chi connectivity index (χ3v) is 4.64. The molecule has 1 aliphatic rings. The number of alkyl halides is 2. The van der Waals surface area contributed by atoms with E-state index in [0.29, 0.717) is 5.56 Å². The summed E-state index contributed by atoms with van der Waals surface area (Å²) in [5, 5.41) is 0. The molecule has 8 heteroatoms. The zero-order chi connectivity index (χ0) is 20.7. The molecule has 0 spiro atoms. The van der Waals surface area contributed by atoms with Crippen LogP contribution >= 0.6 is 0 Å². The second kappa shape index (κ2) is 10.1. The van der Waals surface area contributed by atoms with Gasteiger partial charge in [0.15, 0.2) is 18.1 Å². The molecule has 0 saturated carbocycles. The summed E-state index contributed by atoms with van der Waals surface area (Å²) in [5.74, 6) is -0.874. The Kier molecular flexibility index (Phi) is 7.78. The van der Waals surface area contributed by atoms with Crippen LogP contribution in [-0.2, 0) is 14.3 Å². The fourth-order valence-electron chi connectivity index (χ4n) is 3.31. The Balaban J connectivity index is 1.92. The molecule has 0 aromatic heterocycles. The first-order chi connectivity index (χ1) is 13.3. The van der Waals surface area contributed by atoms with Gasteiger partial charge in [0.1, 0.15) is 0 Å². The molecule has 2 unspecified atom stereocenters. The van der Waals surface area contributed by atoms with Gasteiger partial charge < -0.3 is 19.1 Å². The Morgan fingerprint density at radius 2 is 1.89 bits per heavy atom. The van der Waals surface area contributed by atoms with E-state index < -0.39 is 12.6 Å². The van der Waals surface area contributed by atoms with Crippen molar-refractivity contribution in [3.05, 3.63) is 29.8 Å². The van der Waals surface area contributed by atoms with E-state index in [1.165, 1.54) is 37.5 Å². The lowest BCUT2D eigenvalue weighted by atomic mass is 9.97. The maximum Gasteiger partial charge on any atom is 0.387 e. The van der Waals surface area contributed by atoms with E-state index in [1.807, 2.05) is 13.8 Å². The van der Waals surface area contributed by atoms with Gasteiger partial charge in [-0.15, -0.1) is 0 Å². The fourth-order valence-corrected chi connectivity index (χ4v) is 3.31. The summed E-state index contributed by atoms with van der Waals surface area (Å²) in [7, 11) is 1.32. The maximum atomic E-state index is 12.3. The van der Waals surface area contributed by atoms with E-state index in [-0.39, 0.29) is 36.1 Å². The lowest BCUT2D eigenvalue weighted by Gasteiger charge is -2.38. The highest BCUT2D eigenvalue weighted by Gasteiger charge is 2.29. The minimum atomic E-state index is -2.96. The molecule has 154 valence electrons. The SMILES string of the molecule is COc1cc(/C=C/C(=O)OCC(=O)N2C(C)CCCC2C)ccc1OC(F)F. The molecule has 1 aromatic rings. The Hall–Kier alpha value is -2.64. The number of carbonyl (C=O) groups excluding carboxylic acids is 2. The Labute approximate surface area is 163 Å². The molecule has 2 atom stereocenters. The summed E-state index contributed by atoms with van der Waals surface area (Å²) in [6.45, 7) is 0.699. The van der Waals surface area contributed by atoms with Gasteiger partial charge in [0, 0.05) is 18.2 Å². The van der Waals surface area contributed by atoms with Gasteiger partial charge in [0.25, 0.3) is 5.91 Å². The average molecular weight is 397 g/mol. The molecule has 1 fully saturated rings. The van der Waals surface area contributed by atoms with Gasteiger partial charge in [-0.3, -0.25) is 4.79 Å². The first-order valence-corrected chi connectivity index (χ1v) is 9.10. The van der Waals surface area contributed by atoms with E-state index in [0.717, 1.165) is 19.3 Å². The van der Waals surface area contributed by atoms with Gasteiger partial charge in [-0.05, 0) is 56.9 Å². The monoisotopic (exact) mass is 397 g/mol. The molecule has 0 bridgehead atoms. The largest absolute Gasteiger partial charge is 0.493 e. The summed E-state index contributed by atoms with van der Waals surface area (Å²) in [6, 6.07) is 4.52. The zero-order valence-electron chi connectivity index (χ0n) is 16.2. The second-order valence-corrected chi connectivity index (χ2v) is 6.66. The number of carbonyl (C=O) groups is 2. The quantitative estimate of drug-likeness (QED) is 0.519. The van der Waals surface area contributed by atoms with Gasteiger partial charge in [0.05, 0.1) is 7.11 Å². The molecular weight excluding hydrogens is 372 g/mol. The summed E-state index contributed by atoms with van der Waals surface area (Å²) in [6.07, 6.45) is 5.57. The number of piperidine rings is 1. The number of benzene rings is 1. The Bertz CT molecular complexity index is 713. The van der Waals surface area contributed by atoms with Crippen LogP contribution in [-0.4, -0.2) is 49.2 Å². The summed E-state index contributed by atoms with van der Waals surface area (Å²) in [5.41, 5.74) is 0.528. The van der Waals surface area contributed by atoms with Crippen LogP contribution in [0.2, 0.25) is 0 Å². The number of hydrogen-bond acceptors (Lipinski definition) is 5. The Morgan fingerprint density at radius 1 is 1.21 bits per heavy atom. The maximum absolute atomic E-state index is 12.3. The van der Waals surface area contributed by atoms with E-state index in [2.05, 4.69) is 4.74 Å². The molecule has 0 radical (unpaired) electrons. The summed E-state index contributed by atoms with van der Waals surface area (Å²) in [4.78, 5) is 26.0. The number of ether oxygens (including phenoxy) is 3. The van der Waals surface area contributed by atoms with Crippen LogP contribution in [0.1, 0.15) is 38.7 Å². The van der Waals surface area contributed by atoms with Crippen LogP contribution in [0.4, 0.5) is 8.78 Å². The number of rotatable bonds is 7. The van der Waals surface area contributed by atoms with Crippen LogP contribution in [0.5, 0.6) is 11.5 Å². The van der Waals surface area contributed by atoms with Crippen LogP contribution in [0.15, 0.2) is 24.3 Å². The number of likely N-dealkylation sites (tertiary alicyclic amines) is 1. The van der Waals surface area contributed by atoms with Gasteiger partial charge in [-0.25, -0.2) is 4.79 Å². The van der Waals surface area contributed by atoms with Gasteiger partial charge in [-0.1, -0.05) is 6.07 Å². The lowest BCUT2D eigenvalue weighted by Crippen LogP contribution is -2.49. The third kappa shape index (κ3) is 5.94. The zero-order valence-corrected chi connectivity index (χ0v) is 16.2. The predicted molar refractivity (Wildman–Crippen MR) is 99.2 cm³/mol. The molecule has 0 N–H and O–H groups in total. The minimum Gasteiger partial charge on any atom is -0.493 e. The average Bonchev–Trinajstić information content (AvgIpc) is 2.65. The first-order valence-electron chi connectivity index (χ1n) is 9.10. The van der Waals surface area contributed by atoms with Gasteiger partial charge in [-0.2, -0.15) is 8.78 Å². The van der Waals surface area contributed by atoms with E-state index >= 15 is 0 Å². The van der Waals surface area contributed by atoms with E-state index in [9.17, 15) is 18.4 Å². The van der Waals surface area contributed by atoms with Crippen molar-refractivity contribution in [3.63, 3.8) is 0 Å². The predicted octanol–water partition coefficient (Wildman–Crippen LogP) is 3.64. The second-order valence-electron chi connectivity index (χ2n) is 6.66. The topological polar surface area (TPSA) is 65.1 Å². The van der Waals surface area contributed by atoms with Gasteiger partial charge >= 0.3 is 12.6 Å². The Morgan fingerprint density at radius 3 is 2.50 bits per heavy atom. The summed E-state index contributed by atoms with van der Waals surface area (Å²) >= 11 is 0. The first kappa shape index (κ1) is 21.7. The number of amides is 1. The van der Waals surface area contributed by atoms with Gasteiger partial charge in [0.2, 0.25) is 0 Å². The molecule has 6 nitrogen and oxygen atoms in total. The number of hydrogen-bond donors (Lipinski definition) is 0. The number of nitrogens with zero attached hydrogens (tertiary/aromatic N) is 1.